The lowest BCUT2D eigenvalue weighted by molar-refractivity contribution is 0.318. The van der Waals surface area contributed by atoms with Gasteiger partial charge in [0.2, 0.25) is 0 Å². The molecule has 0 aromatic rings. The van der Waals surface area contributed by atoms with E-state index in [0.717, 1.165) is 26.2 Å². The molecular formula is C8H20N2O3S2. The molecule has 0 aromatic heterocycles. The maximum atomic E-state index is 11.9. The Labute approximate surface area is 93.4 Å². The minimum absolute atomic E-state index is 0.0232. The summed E-state index contributed by atoms with van der Waals surface area (Å²) in [6.45, 7) is 5.00. The summed E-state index contributed by atoms with van der Waals surface area (Å²) in [4.78, 5) is 0. The number of hydrogen-bond acceptors (Lipinski definition) is 3. The molecular weight excluding hydrogens is 236 g/mol. The maximum Gasteiger partial charge on any atom is 0.116 e. The molecule has 0 aliphatic carbocycles. The monoisotopic (exact) mass is 256 g/mol. The molecule has 1 saturated heterocycles. The average Bonchev–Trinajstić information content (AvgIpc) is 2.27. The molecule has 92 valence electrons. The van der Waals surface area contributed by atoms with Crippen molar-refractivity contribution in [2.75, 3.05) is 44.3 Å². The second-order valence-corrected chi connectivity index (χ2v) is 9.32. The molecule has 1 heterocycles. The first-order valence-corrected chi connectivity index (χ1v) is 8.69. The van der Waals surface area contributed by atoms with Crippen LogP contribution in [0.15, 0.2) is 0 Å². The van der Waals surface area contributed by atoms with Crippen molar-refractivity contribution in [3.63, 3.8) is 0 Å². The van der Waals surface area contributed by atoms with Crippen molar-refractivity contribution >= 4 is 18.4 Å². The molecule has 1 aliphatic rings. The lowest BCUT2D eigenvalue weighted by atomic mass is 10.4. The van der Waals surface area contributed by atoms with E-state index in [4.69, 9.17) is 5.11 Å². The number of hydrogen-bond donors (Lipinski definition) is 3. The molecule has 5 nitrogen and oxygen atoms in total. The highest BCUT2D eigenvalue weighted by Gasteiger charge is 2.18. The topological polar surface area (TPSA) is 72.8 Å². The van der Waals surface area contributed by atoms with E-state index in [9.17, 15) is 8.76 Å². The van der Waals surface area contributed by atoms with Crippen molar-refractivity contribution in [2.24, 2.45) is 0 Å². The number of rotatable bonds is 4. The molecule has 15 heavy (non-hydrogen) atoms. The molecule has 1 rings (SSSR count). The van der Waals surface area contributed by atoms with Crippen molar-refractivity contribution in [1.82, 2.24) is 9.62 Å². The van der Waals surface area contributed by atoms with Crippen LogP contribution in [0.2, 0.25) is 0 Å². The zero-order chi connectivity index (χ0) is 11.3. The molecule has 0 radical (unpaired) electrons. The standard InChI is InChI=1S/C8H20N2O3S2/c1-2-15(12,13)14(8-7-11)10-5-3-9-4-6-10/h9,11H,2-8H2,1H3,(H,12,13). The van der Waals surface area contributed by atoms with Gasteiger partial charge in [-0.2, -0.15) is 0 Å². The fourth-order valence-electron chi connectivity index (χ4n) is 1.49. The number of piperazine rings is 1. The van der Waals surface area contributed by atoms with Crippen LogP contribution < -0.4 is 5.32 Å². The summed E-state index contributed by atoms with van der Waals surface area (Å²) < 4.78 is 23.8. The van der Waals surface area contributed by atoms with Gasteiger partial charge in [-0.1, -0.05) is 6.92 Å². The van der Waals surface area contributed by atoms with E-state index >= 15 is 0 Å². The van der Waals surface area contributed by atoms with E-state index in [1.165, 1.54) is 0 Å². The quantitative estimate of drug-likeness (QED) is 0.608. The SMILES string of the molecule is CCS(=O)(O)=S(CCO)N1CCNCC1. The molecule has 1 fully saturated rings. The fraction of sp³-hybridized carbons (Fsp3) is 1.00. The Morgan fingerprint density at radius 2 is 2.07 bits per heavy atom. The Kier molecular flexibility index (Phi) is 5.51. The van der Waals surface area contributed by atoms with Gasteiger partial charge in [-0.15, -0.1) is 0 Å². The molecule has 0 amide bonds. The van der Waals surface area contributed by atoms with Gasteiger partial charge in [0.15, 0.2) is 0 Å². The lowest BCUT2D eigenvalue weighted by Crippen LogP contribution is -2.46. The van der Waals surface area contributed by atoms with Gasteiger partial charge in [-0.05, 0) is 9.64 Å². The van der Waals surface area contributed by atoms with Gasteiger partial charge >= 0.3 is 0 Å². The molecule has 0 aromatic carbocycles. The smallest absolute Gasteiger partial charge is 0.116 e. The van der Waals surface area contributed by atoms with Crippen LogP contribution >= 0.6 is 0 Å². The number of aliphatic hydroxyl groups excluding tert-OH is 1. The number of aliphatic hydroxyl groups is 1. The van der Waals surface area contributed by atoms with E-state index in [-0.39, 0.29) is 12.4 Å². The first-order chi connectivity index (χ1) is 7.11. The van der Waals surface area contributed by atoms with Gasteiger partial charge in [-0.25, -0.2) is 8.51 Å². The molecule has 2 atom stereocenters. The van der Waals surface area contributed by atoms with Gasteiger partial charge in [0.1, 0.15) is 8.77 Å². The predicted octanol–water partition coefficient (Wildman–Crippen LogP) is -0.890. The second kappa shape index (κ2) is 6.17. The van der Waals surface area contributed by atoms with E-state index in [1.54, 1.807) is 6.92 Å². The normalized spacial score (nSPS) is 24.7. The highest BCUT2D eigenvalue weighted by molar-refractivity contribution is 8.43. The van der Waals surface area contributed by atoms with E-state index in [0.29, 0.717) is 5.75 Å². The van der Waals surface area contributed by atoms with Crippen LogP contribution in [0.4, 0.5) is 0 Å². The van der Waals surface area contributed by atoms with Crippen LogP contribution in [0.1, 0.15) is 6.92 Å². The van der Waals surface area contributed by atoms with Crippen LogP contribution in [0, 0.1) is 0 Å². The molecule has 2 unspecified atom stereocenters. The van der Waals surface area contributed by atoms with Crippen LogP contribution in [0.3, 0.4) is 0 Å². The van der Waals surface area contributed by atoms with Crippen LogP contribution in [0.25, 0.3) is 0 Å². The van der Waals surface area contributed by atoms with Crippen molar-refractivity contribution < 1.29 is 13.9 Å². The van der Waals surface area contributed by atoms with Gasteiger partial charge in [0.05, 0.1) is 6.61 Å². The Bertz CT molecular complexity index is 307. The van der Waals surface area contributed by atoms with E-state index in [1.807, 2.05) is 4.31 Å². The number of nitrogens with one attached hydrogen (secondary N) is 1. The molecule has 3 N–H and O–H groups in total. The molecule has 0 bridgehead atoms. The van der Waals surface area contributed by atoms with Gasteiger partial charge < -0.3 is 15.0 Å². The Balaban J connectivity index is 2.90. The molecule has 7 heteroatoms. The zero-order valence-electron chi connectivity index (χ0n) is 9.02. The second-order valence-electron chi connectivity index (χ2n) is 3.30. The summed E-state index contributed by atoms with van der Waals surface area (Å²) in [5, 5.41) is 12.2. The van der Waals surface area contributed by atoms with Crippen molar-refractivity contribution in [1.29, 1.82) is 0 Å². The molecule has 0 spiro atoms. The zero-order valence-corrected chi connectivity index (χ0v) is 10.6. The fourth-order valence-corrected chi connectivity index (χ4v) is 6.61. The Morgan fingerprint density at radius 1 is 1.47 bits per heavy atom. The van der Waals surface area contributed by atoms with Gasteiger partial charge in [-0.3, -0.25) is 0 Å². The average molecular weight is 256 g/mol. The first-order valence-electron chi connectivity index (χ1n) is 5.14. The lowest BCUT2D eigenvalue weighted by Gasteiger charge is -2.30. The first kappa shape index (κ1) is 13.4. The van der Waals surface area contributed by atoms with Crippen molar-refractivity contribution in [3.05, 3.63) is 0 Å². The minimum Gasteiger partial charge on any atom is -0.395 e. The molecule has 0 saturated carbocycles. The summed E-state index contributed by atoms with van der Waals surface area (Å²) in [6.07, 6.45) is 0. The maximum absolute atomic E-state index is 11.9. The van der Waals surface area contributed by atoms with E-state index < -0.39 is 18.4 Å². The summed E-state index contributed by atoms with van der Waals surface area (Å²) in [7, 11) is -3.50. The highest BCUT2D eigenvalue weighted by atomic mass is 32.9. The van der Waals surface area contributed by atoms with Crippen LogP contribution in [0.5, 0.6) is 0 Å². The Hall–Kier alpha value is 0.340. The molecule has 1 aliphatic heterocycles. The van der Waals surface area contributed by atoms with Crippen molar-refractivity contribution in [2.45, 2.75) is 6.92 Å². The summed E-state index contributed by atoms with van der Waals surface area (Å²) in [5.41, 5.74) is 0. The third-order valence-corrected chi connectivity index (χ3v) is 8.74. The largest absolute Gasteiger partial charge is 0.395 e. The van der Waals surface area contributed by atoms with Crippen LogP contribution in [-0.4, -0.2) is 62.5 Å². The van der Waals surface area contributed by atoms with Crippen molar-refractivity contribution in [3.8, 4) is 0 Å². The number of nitrogens with zero attached hydrogens (tertiary/aromatic N) is 1. The van der Waals surface area contributed by atoms with E-state index in [2.05, 4.69) is 5.32 Å². The highest BCUT2D eigenvalue weighted by Crippen LogP contribution is 2.06. The third-order valence-electron chi connectivity index (χ3n) is 2.30. The summed E-state index contributed by atoms with van der Waals surface area (Å²) in [6, 6.07) is 0. The predicted molar refractivity (Wildman–Crippen MR) is 65.1 cm³/mol. The van der Waals surface area contributed by atoms with Gasteiger partial charge in [0, 0.05) is 37.7 Å². The summed E-state index contributed by atoms with van der Waals surface area (Å²) >= 11 is 0. The van der Waals surface area contributed by atoms with Crippen LogP contribution in [-0.2, 0) is 18.4 Å². The minimum atomic E-state index is -2.81. The summed E-state index contributed by atoms with van der Waals surface area (Å²) in [5.74, 6) is 0.670. The Morgan fingerprint density at radius 3 is 2.53 bits per heavy atom. The van der Waals surface area contributed by atoms with Gasteiger partial charge in [0.25, 0.3) is 0 Å². The third kappa shape index (κ3) is 3.69.